The van der Waals surface area contributed by atoms with Gasteiger partial charge in [0.25, 0.3) is 0 Å². The van der Waals surface area contributed by atoms with Gasteiger partial charge in [0.1, 0.15) is 5.78 Å². The lowest BCUT2D eigenvalue weighted by Gasteiger charge is -2.00. The summed E-state index contributed by atoms with van der Waals surface area (Å²) in [7, 11) is 1.44. The van der Waals surface area contributed by atoms with Crippen LogP contribution in [0, 0.1) is 0 Å². The summed E-state index contributed by atoms with van der Waals surface area (Å²) in [6, 6.07) is 0. The standard InChI is InChI=1S/C19H34O3/c1-3-4-5-12-15-18(20)16-13-10-8-6-7-9-11-14-17-19(21)22-2/h10,13H,3-9,11-12,14-17H2,1-2H3/b13-10+. The molecule has 0 N–H and O–H groups in total. The van der Waals surface area contributed by atoms with Crippen LogP contribution in [0.15, 0.2) is 12.2 Å². The van der Waals surface area contributed by atoms with Gasteiger partial charge in [-0.05, 0) is 25.7 Å². The summed E-state index contributed by atoms with van der Waals surface area (Å²) in [5.74, 6) is 0.262. The number of ketones is 1. The van der Waals surface area contributed by atoms with Crippen molar-refractivity contribution >= 4 is 11.8 Å². The SMILES string of the molecule is CCCCCCC(=O)C/C=C/CCCCCCCC(=O)OC. The first-order valence-corrected chi connectivity index (χ1v) is 8.94. The lowest BCUT2D eigenvalue weighted by molar-refractivity contribution is -0.140. The average Bonchev–Trinajstić information content (AvgIpc) is 2.53. The van der Waals surface area contributed by atoms with Gasteiger partial charge in [0.15, 0.2) is 0 Å². The average molecular weight is 310 g/mol. The third-order valence-electron chi connectivity index (χ3n) is 3.80. The van der Waals surface area contributed by atoms with Crippen molar-refractivity contribution in [3.63, 3.8) is 0 Å². The Balaban J connectivity index is 3.29. The Bertz CT molecular complexity index is 308. The number of ether oxygens (including phenoxy) is 1. The number of hydrogen-bond acceptors (Lipinski definition) is 3. The van der Waals surface area contributed by atoms with Crippen LogP contribution < -0.4 is 0 Å². The van der Waals surface area contributed by atoms with E-state index in [1.807, 2.05) is 6.08 Å². The molecule has 0 aromatic carbocycles. The van der Waals surface area contributed by atoms with Crippen molar-refractivity contribution in [3.05, 3.63) is 12.2 Å². The Labute approximate surface area is 136 Å². The van der Waals surface area contributed by atoms with Crippen molar-refractivity contribution in [1.82, 2.24) is 0 Å². The molecule has 0 saturated carbocycles. The third-order valence-corrected chi connectivity index (χ3v) is 3.80. The van der Waals surface area contributed by atoms with Gasteiger partial charge < -0.3 is 4.74 Å². The summed E-state index contributed by atoms with van der Waals surface area (Å²) in [4.78, 5) is 22.5. The predicted molar refractivity (Wildman–Crippen MR) is 91.9 cm³/mol. The van der Waals surface area contributed by atoms with E-state index in [1.165, 1.54) is 45.6 Å². The molecule has 0 aliphatic rings. The zero-order valence-electron chi connectivity index (χ0n) is 14.6. The first-order valence-electron chi connectivity index (χ1n) is 8.94. The highest BCUT2D eigenvalue weighted by atomic mass is 16.5. The van der Waals surface area contributed by atoms with Gasteiger partial charge in [-0.3, -0.25) is 9.59 Å². The lowest BCUT2D eigenvalue weighted by atomic mass is 10.1. The number of carbonyl (C=O) groups excluding carboxylic acids is 2. The number of methoxy groups -OCH3 is 1. The second-order valence-electron chi connectivity index (χ2n) is 5.91. The van der Waals surface area contributed by atoms with Crippen molar-refractivity contribution in [2.75, 3.05) is 7.11 Å². The second-order valence-corrected chi connectivity index (χ2v) is 5.91. The van der Waals surface area contributed by atoms with Gasteiger partial charge in [-0.15, -0.1) is 0 Å². The van der Waals surface area contributed by atoms with E-state index >= 15 is 0 Å². The van der Waals surface area contributed by atoms with Gasteiger partial charge in [0, 0.05) is 19.3 Å². The number of unbranched alkanes of at least 4 members (excludes halogenated alkanes) is 8. The second kappa shape index (κ2) is 16.3. The molecule has 0 rings (SSSR count). The Kier molecular flexibility index (Phi) is 15.4. The van der Waals surface area contributed by atoms with Crippen LogP contribution in [-0.2, 0) is 14.3 Å². The van der Waals surface area contributed by atoms with E-state index in [9.17, 15) is 9.59 Å². The maximum atomic E-state index is 11.6. The summed E-state index contributed by atoms with van der Waals surface area (Å²) < 4.78 is 4.60. The summed E-state index contributed by atoms with van der Waals surface area (Å²) in [5, 5.41) is 0. The minimum atomic E-state index is -0.109. The van der Waals surface area contributed by atoms with Crippen LogP contribution in [0.25, 0.3) is 0 Å². The minimum absolute atomic E-state index is 0.109. The molecular weight excluding hydrogens is 276 g/mol. The van der Waals surface area contributed by atoms with Crippen molar-refractivity contribution in [2.24, 2.45) is 0 Å². The molecule has 0 aliphatic heterocycles. The van der Waals surface area contributed by atoms with Crippen LogP contribution in [0.4, 0.5) is 0 Å². The fourth-order valence-corrected chi connectivity index (χ4v) is 2.35. The number of hydrogen-bond donors (Lipinski definition) is 0. The zero-order valence-corrected chi connectivity index (χ0v) is 14.6. The Morgan fingerprint density at radius 2 is 1.45 bits per heavy atom. The molecule has 0 radical (unpaired) electrons. The van der Waals surface area contributed by atoms with Gasteiger partial charge in [-0.25, -0.2) is 0 Å². The highest BCUT2D eigenvalue weighted by molar-refractivity contribution is 5.79. The summed E-state index contributed by atoms with van der Waals surface area (Å²) in [5.41, 5.74) is 0. The summed E-state index contributed by atoms with van der Waals surface area (Å²) >= 11 is 0. The van der Waals surface area contributed by atoms with E-state index < -0.39 is 0 Å². The molecule has 128 valence electrons. The van der Waals surface area contributed by atoms with Crippen LogP contribution in [-0.4, -0.2) is 18.9 Å². The van der Waals surface area contributed by atoms with Crippen LogP contribution in [0.5, 0.6) is 0 Å². The Hall–Kier alpha value is -1.12. The number of Topliss-reactive ketones (excluding diaryl/α,β-unsaturated/α-hetero) is 1. The molecule has 0 aromatic rings. The summed E-state index contributed by atoms with van der Waals surface area (Å²) in [6.45, 7) is 2.18. The molecule has 0 aromatic heterocycles. The van der Waals surface area contributed by atoms with Crippen LogP contribution >= 0.6 is 0 Å². The smallest absolute Gasteiger partial charge is 0.305 e. The normalized spacial score (nSPS) is 11.0. The fourth-order valence-electron chi connectivity index (χ4n) is 2.35. The Morgan fingerprint density at radius 1 is 0.818 bits per heavy atom. The van der Waals surface area contributed by atoms with Gasteiger partial charge in [0.05, 0.1) is 7.11 Å². The van der Waals surface area contributed by atoms with Crippen molar-refractivity contribution < 1.29 is 14.3 Å². The molecular formula is C19H34O3. The van der Waals surface area contributed by atoms with Crippen molar-refractivity contribution in [1.29, 1.82) is 0 Å². The maximum Gasteiger partial charge on any atom is 0.305 e. The number of esters is 1. The zero-order chi connectivity index (χ0) is 16.5. The van der Waals surface area contributed by atoms with Gasteiger partial charge in [-0.1, -0.05) is 57.6 Å². The van der Waals surface area contributed by atoms with Gasteiger partial charge in [0.2, 0.25) is 0 Å². The molecule has 0 heterocycles. The molecule has 0 spiro atoms. The fraction of sp³-hybridized carbons (Fsp3) is 0.789. The van der Waals surface area contributed by atoms with Crippen LogP contribution in [0.3, 0.4) is 0 Å². The topological polar surface area (TPSA) is 43.4 Å². The van der Waals surface area contributed by atoms with E-state index in [4.69, 9.17) is 0 Å². The molecule has 0 amide bonds. The quantitative estimate of drug-likeness (QED) is 0.232. The molecule has 22 heavy (non-hydrogen) atoms. The van der Waals surface area contributed by atoms with Gasteiger partial charge >= 0.3 is 5.97 Å². The molecule has 0 atom stereocenters. The monoisotopic (exact) mass is 310 g/mol. The Morgan fingerprint density at radius 3 is 2.18 bits per heavy atom. The first-order chi connectivity index (χ1) is 10.7. The lowest BCUT2D eigenvalue weighted by Crippen LogP contribution is -1.99. The van der Waals surface area contributed by atoms with E-state index in [0.717, 1.165) is 32.1 Å². The molecule has 0 unspecified atom stereocenters. The molecule has 0 aliphatic carbocycles. The third kappa shape index (κ3) is 15.3. The maximum absolute atomic E-state index is 11.6. The van der Waals surface area contributed by atoms with Crippen molar-refractivity contribution in [3.8, 4) is 0 Å². The van der Waals surface area contributed by atoms with E-state index in [-0.39, 0.29) is 5.97 Å². The largest absolute Gasteiger partial charge is 0.469 e. The predicted octanol–water partition coefficient (Wildman–Crippen LogP) is 5.38. The van der Waals surface area contributed by atoms with Crippen LogP contribution in [0.1, 0.15) is 90.4 Å². The van der Waals surface area contributed by atoms with E-state index in [2.05, 4.69) is 17.7 Å². The number of allylic oxidation sites excluding steroid dienone is 2. The van der Waals surface area contributed by atoms with Crippen LogP contribution in [0.2, 0.25) is 0 Å². The molecule has 3 heteroatoms. The van der Waals surface area contributed by atoms with E-state index in [0.29, 0.717) is 18.6 Å². The first kappa shape index (κ1) is 20.9. The molecule has 0 saturated heterocycles. The minimum Gasteiger partial charge on any atom is -0.469 e. The molecule has 0 bridgehead atoms. The van der Waals surface area contributed by atoms with E-state index in [1.54, 1.807) is 0 Å². The highest BCUT2D eigenvalue weighted by Crippen LogP contribution is 2.09. The van der Waals surface area contributed by atoms with Gasteiger partial charge in [-0.2, -0.15) is 0 Å². The van der Waals surface area contributed by atoms with Crippen molar-refractivity contribution in [2.45, 2.75) is 90.4 Å². The molecule has 3 nitrogen and oxygen atoms in total. The molecule has 0 fully saturated rings. The highest BCUT2D eigenvalue weighted by Gasteiger charge is 1.99. The number of rotatable bonds is 15. The summed E-state index contributed by atoms with van der Waals surface area (Å²) in [6.07, 6.45) is 17.3. The number of carbonyl (C=O) groups is 2.